The first-order valence-electron chi connectivity index (χ1n) is 6.92. The molecule has 0 saturated heterocycles. The summed E-state index contributed by atoms with van der Waals surface area (Å²) in [6.45, 7) is 4.17. The molecule has 0 spiro atoms. The van der Waals surface area contributed by atoms with Crippen molar-refractivity contribution >= 4 is 27.4 Å². The molecule has 0 atom stereocenters. The van der Waals surface area contributed by atoms with E-state index in [9.17, 15) is 4.79 Å². The Morgan fingerprint density at radius 2 is 1.90 bits per heavy atom. The van der Waals surface area contributed by atoms with E-state index in [0.717, 1.165) is 16.6 Å². The number of carbonyl (C=O) groups is 1. The quantitative estimate of drug-likeness (QED) is 0.602. The van der Waals surface area contributed by atoms with Gasteiger partial charge in [-0.2, -0.15) is 0 Å². The Hall–Kier alpha value is -1.87. The molecule has 21 heavy (non-hydrogen) atoms. The summed E-state index contributed by atoms with van der Waals surface area (Å²) in [5.41, 5.74) is 4.16. The molecule has 108 valence electrons. The third kappa shape index (κ3) is 4.30. The molecule has 1 N–H and O–H groups in total. The van der Waals surface area contributed by atoms with Gasteiger partial charge in [0.05, 0.1) is 0 Å². The molecule has 0 aliphatic rings. The summed E-state index contributed by atoms with van der Waals surface area (Å²) < 4.78 is 0.966. The zero-order valence-corrected chi connectivity index (χ0v) is 13.8. The van der Waals surface area contributed by atoms with Gasteiger partial charge in [0.25, 0.3) is 0 Å². The van der Waals surface area contributed by atoms with Gasteiger partial charge in [0, 0.05) is 28.0 Å². The van der Waals surface area contributed by atoms with Crippen molar-refractivity contribution in [3.8, 4) is 0 Å². The second kappa shape index (κ2) is 7.23. The van der Waals surface area contributed by atoms with Crippen molar-refractivity contribution in [3.05, 3.63) is 75.9 Å². The molecule has 2 nitrogen and oxygen atoms in total. The van der Waals surface area contributed by atoms with Crippen molar-refractivity contribution in [3.63, 3.8) is 0 Å². The predicted molar refractivity (Wildman–Crippen MR) is 91.8 cm³/mol. The molecule has 0 aromatic heterocycles. The topological polar surface area (TPSA) is 29.1 Å². The summed E-state index contributed by atoms with van der Waals surface area (Å²) in [7, 11) is 0. The number of benzene rings is 2. The fourth-order valence-electron chi connectivity index (χ4n) is 2.05. The van der Waals surface area contributed by atoms with E-state index in [0.29, 0.717) is 5.56 Å². The number of nitrogens with one attached hydrogen (secondary N) is 1. The fraction of sp³-hybridized carbons (Fsp3) is 0.167. The Kier molecular flexibility index (Phi) is 5.34. The van der Waals surface area contributed by atoms with Crippen molar-refractivity contribution in [1.82, 2.24) is 0 Å². The molecule has 0 unspecified atom stereocenters. The molecule has 0 saturated carbocycles. The first-order valence-corrected chi connectivity index (χ1v) is 7.72. The van der Waals surface area contributed by atoms with Gasteiger partial charge in [0.2, 0.25) is 0 Å². The highest BCUT2D eigenvalue weighted by Gasteiger charge is 2.02. The van der Waals surface area contributed by atoms with E-state index in [1.807, 2.05) is 12.1 Å². The number of ketones is 1. The lowest BCUT2D eigenvalue weighted by Crippen LogP contribution is -1.98. The minimum atomic E-state index is -0.0132. The van der Waals surface area contributed by atoms with E-state index in [1.165, 1.54) is 11.1 Å². The highest BCUT2D eigenvalue weighted by molar-refractivity contribution is 9.10. The number of hydrogen-bond acceptors (Lipinski definition) is 2. The van der Waals surface area contributed by atoms with Crippen LogP contribution in [0.2, 0.25) is 0 Å². The summed E-state index contributed by atoms with van der Waals surface area (Å²) >= 11 is 3.36. The van der Waals surface area contributed by atoms with E-state index >= 15 is 0 Å². The normalized spacial score (nSPS) is 10.8. The highest BCUT2D eigenvalue weighted by Crippen LogP contribution is 2.18. The van der Waals surface area contributed by atoms with Crippen molar-refractivity contribution < 1.29 is 4.79 Å². The van der Waals surface area contributed by atoms with Gasteiger partial charge in [-0.1, -0.05) is 35.0 Å². The lowest BCUT2D eigenvalue weighted by molar-refractivity contribution is 0.104. The first-order chi connectivity index (χ1) is 10.1. The molecule has 0 radical (unpaired) electrons. The van der Waals surface area contributed by atoms with Gasteiger partial charge in [0.1, 0.15) is 0 Å². The van der Waals surface area contributed by atoms with Crippen molar-refractivity contribution in [2.45, 2.75) is 20.3 Å². The second-order valence-electron chi connectivity index (χ2n) is 4.86. The number of allylic oxidation sites excluding steroid dienone is 1. The minimum absolute atomic E-state index is 0.0132. The SMILES string of the molecule is CCc1ccc(C)cc1N/C=C\C(=O)c1ccc(Br)cc1. The third-order valence-electron chi connectivity index (χ3n) is 3.25. The maximum Gasteiger partial charge on any atom is 0.187 e. The third-order valence-corrected chi connectivity index (χ3v) is 3.78. The number of hydrogen-bond donors (Lipinski definition) is 1. The van der Waals surface area contributed by atoms with E-state index in [1.54, 1.807) is 24.4 Å². The Bertz CT molecular complexity index is 659. The van der Waals surface area contributed by atoms with Crippen LogP contribution in [0.4, 0.5) is 5.69 Å². The molecule has 2 aromatic carbocycles. The molecule has 0 bridgehead atoms. The zero-order chi connectivity index (χ0) is 15.2. The molecular formula is C18H18BrNO. The predicted octanol–water partition coefficient (Wildman–Crippen LogP) is 5.13. The van der Waals surface area contributed by atoms with Crippen molar-refractivity contribution in [1.29, 1.82) is 0 Å². The molecule has 0 amide bonds. The first kappa shape index (κ1) is 15.5. The Labute approximate surface area is 134 Å². The Morgan fingerprint density at radius 3 is 2.57 bits per heavy atom. The maximum atomic E-state index is 12.0. The largest absolute Gasteiger partial charge is 0.361 e. The van der Waals surface area contributed by atoms with Crippen LogP contribution < -0.4 is 5.32 Å². The van der Waals surface area contributed by atoms with Crippen LogP contribution in [-0.2, 0) is 6.42 Å². The van der Waals surface area contributed by atoms with Crippen LogP contribution in [0.5, 0.6) is 0 Å². The van der Waals surface area contributed by atoms with Crippen molar-refractivity contribution in [2.24, 2.45) is 0 Å². The van der Waals surface area contributed by atoms with Gasteiger partial charge < -0.3 is 5.32 Å². The molecular weight excluding hydrogens is 326 g/mol. The van der Waals surface area contributed by atoms with E-state index in [-0.39, 0.29) is 5.78 Å². The Morgan fingerprint density at radius 1 is 1.19 bits per heavy atom. The smallest absolute Gasteiger partial charge is 0.187 e. The van der Waals surface area contributed by atoms with Gasteiger partial charge in [-0.25, -0.2) is 0 Å². The number of anilines is 1. The molecule has 0 aliphatic heterocycles. The highest BCUT2D eigenvalue weighted by atomic mass is 79.9. The summed E-state index contributed by atoms with van der Waals surface area (Å²) in [6, 6.07) is 13.6. The molecule has 3 heteroatoms. The van der Waals surface area contributed by atoms with Gasteiger partial charge in [-0.05, 0) is 54.8 Å². The Balaban J connectivity index is 2.07. The average molecular weight is 344 g/mol. The minimum Gasteiger partial charge on any atom is -0.361 e. The van der Waals surface area contributed by atoms with Crippen LogP contribution in [0, 0.1) is 6.92 Å². The van der Waals surface area contributed by atoms with Gasteiger partial charge in [-0.15, -0.1) is 0 Å². The van der Waals surface area contributed by atoms with E-state index in [4.69, 9.17) is 0 Å². The molecule has 0 heterocycles. The summed E-state index contributed by atoms with van der Waals surface area (Å²) in [6.07, 6.45) is 4.22. The van der Waals surface area contributed by atoms with Gasteiger partial charge in [-0.3, -0.25) is 4.79 Å². The van der Waals surface area contributed by atoms with Crippen LogP contribution in [0.15, 0.2) is 59.2 Å². The molecule has 0 fully saturated rings. The van der Waals surface area contributed by atoms with E-state index in [2.05, 4.69) is 53.3 Å². The van der Waals surface area contributed by atoms with Gasteiger partial charge in [0.15, 0.2) is 5.78 Å². The molecule has 2 aromatic rings. The lowest BCUT2D eigenvalue weighted by Gasteiger charge is -2.08. The van der Waals surface area contributed by atoms with Gasteiger partial charge >= 0.3 is 0 Å². The van der Waals surface area contributed by atoms with Crippen LogP contribution in [-0.4, -0.2) is 5.78 Å². The summed E-state index contributed by atoms with van der Waals surface area (Å²) in [5, 5.41) is 3.21. The number of carbonyl (C=O) groups excluding carboxylic acids is 1. The van der Waals surface area contributed by atoms with E-state index < -0.39 is 0 Å². The van der Waals surface area contributed by atoms with Crippen LogP contribution in [0.1, 0.15) is 28.4 Å². The van der Waals surface area contributed by atoms with Crippen molar-refractivity contribution in [2.75, 3.05) is 5.32 Å². The maximum absolute atomic E-state index is 12.0. The standard InChI is InChI=1S/C18H18BrNO/c1-3-14-5-4-13(2)12-17(14)20-11-10-18(21)15-6-8-16(19)9-7-15/h4-12,20H,3H2,1-2H3/b11-10-. The van der Waals surface area contributed by atoms with Crippen LogP contribution in [0.3, 0.4) is 0 Å². The molecule has 0 aliphatic carbocycles. The van der Waals surface area contributed by atoms with Crippen LogP contribution >= 0.6 is 15.9 Å². The summed E-state index contributed by atoms with van der Waals surface area (Å²) in [4.78, 5) is 12.0. The lowest BCUT2D eigenvalue weighted by atomic mass is 10.1. The monoisotopic (exact) mass is 343 g/mol. The summed E-state index contributed by atoms with van der Waals surface area (Å²) in [5.74, 6) is -0.0132. The average Bonchev–Trinajstić information content (AvgIpc) is 2.48. The number of halogens is 1. The number of aryl methyl sites for hydroxylation is 2. The number of rotatable bonds is 5. The fourth-order valence-corrected chi connectivity index (χ4v) is 2.31. The molecule has 2 rings (SSSR count). The second-order valence-corrected chi connectivity index (χ2v) is 5.78. The van der Waals surface area contributed by atoms with Crippen LogP contribution in [0.25, 0.3) is 0 Å². The zero-order valence-electron chi connectivity index (χ0n) is 12.2.